The first-order valence-corrected chi connectivity index (χ1v) is 7.58. The van der Waals surface area contributed by atoms with Gasteiger partial charge in [-0.1, -0.05) is 12.8 Å². The van der Waals surface area contributed by atoms with E-state index in [1.165, 1.54) is 36.8 Å². The first kappa shape index (κ1) is 13.2. The Balaban J connectivity index is 2.15. The number of fused-ring (bicyclic) bond motifs is 1. The molecule has 0 aliphatic carbocycles. The summed E-state index contributed by atoms with van der Waals surface area (Å²) in [5, 5.41) is 2.32. The quantitative estimate of drug-likeness (QED) is 0.798. The van der Waals surface area contributed by atoms with Crippen LogP contribution in [0.25, 0.3) is 10.8 Å². The number of rotatable bonds is 1. The van der Waals surface area contributed by atoms with E-state index in [9.17, 15) is 0 Å². The first-order chi connectivity index (χ1) is 9.66. The molecule has 0 radical (unpaired) electrons. The van der Waals surface area contributed by atoms with Gasteiger partial charge < -0.3 is 10.6 Å². The van der Waals surface area contributed by atoms with Gasteiger partial charge >= 0.3 is 0 Å². The Labute approximate surface area is 120 Å². The Morgan fingerprint density at radius 2 is 2.05 bits per heavy atom. The van der Waals surface area contributed by atoms with Crippen LogP contribution in [0.15, 0.2) is 24.4 Å². The summed E-state index contributed by atoms with van der Waals surface area (Å²) < 4.78 is 0. The van der Waals surface area contributed by atoms with Crippen molar-refractivity contribution in [1.82, 2.24) is 4.98 Å². The number of nitrogens with two attached hydrogens (primary N) is 1. The lowest BCUT2D eigenvalue weighted by Gasteiger charge is -2.31. The van der Waals surface area contributed by atoms with Crippen LogP contribution in [-0.2, 0) is 0 Å². The highest BCUT2D eigenvalue weighted by molar-refractivity contribution is 6.01. The second kappa shape index (κ2) is 5.31. The van der Waals surface area contributed by atoms with Crippen LogP contribution in [0.5, 0.6) is 0 Å². The van der Waals surface area contributed by atoms with E-state index in [2.05, 4.69) is 28.9 Å². The first-order valence-electron chi connectivity index (χ1n) is 7.58. The molecule has 106 valence electrons. The third kappa shape index (κ3) is 2.33. The minimum absolute atomic E-state index is 0.595. The molecule has 1 aromatic carbocycles. The lowest BCUT2D eigenvalue weighted by Crippen LogP contribution is -2.32. The molecule has 0 amide bonds. The number of hydrogen-bond acceptors (Lipinski definition) is 3. The van der Waals surface area contributed by atoms with Gasteiger partial charge in [0.05, 0.1) is 0 Å². The van der Waals surface area contributed by atoms with Gasteiger partial charge in [-0.25, -0.2) is 0 Å². The smallest absolute Gasteiger partial charge is 0.0451 e. The molecule has 0 saturated carbocycles. The molecule has 0 bridgehead atoms. The van der Waals surface area contributed by atoms with Crippen molar-refractivity contribution in [3.05, 3.63) is 30.1 Å². The molecule has 1 atom stereocenters. The lowest BCUT2D eigenvalue weighted by atomic mass is 10.1. The molecule has 2 heterocycles. The molecular weight excluding hydrogens is 246 g/mol. The van der Waals surface area contributed by atoms with E-state index >= 15 is 0 Å². The number of anilines is 2. The van der Waals surface area contributed by atoms with E-state index < -0.39 is 0 Å². The van der Waals surface area contributed by atoms with E-state index in [1.54, 1.807) is 0 Å². The van der Waals surface area contributed by atoms with Crippen LogP contribution >= 0.6 is 0 Å². The fraction of sp³-hybridized carbons (Fsp3) is 0.471. The van der Waals surface area contributed by atoms with Gasteiger partial charge in [0.1, 0.15) is 0 Å². The number of benzene rings is 1. The third-order valence-electron chi connectivity index (χ3n) is 4.41. The summed E-state index contributed by atoms with van der Waals surface area (Å²) >= 11 is 0. The average Bonchev–Trinajstić information content (AvgIpc) is 2.64. The van der Waals surface area contributed by atoms with Gasteiger partial charge in [-0.15, -0.1) is 0 Å². The summed E-state index contributed by atoms with van der Waals surface area (Å²) in [5.74, 6) is 0. The van der Waals surface area contributed by atoms with Crippen molar-refractivity contribution in [3.8, 4) is 0 Å². The molecule has 0 spiro atoms. The van der Waals surface area contributed by atoms with Crippen molar-refractivity contribution < 1.29 is 0 Å². The zero-order valence-corrected chi connectivity index (χ0v) is 12.4. The Morgan fingerprint density at radius 1 is 1.20 bits per heavy atom. The number of hydrogen-bond donors (Lipinski definition) is 1. The SMILES string of the molecule is Cc1cc2c(N3CCCCCC3C)ccc(N)c2cn1. The molecule has 2 N–H and O–H groups in total. The average molecular weight is 269 g/mol. The number of nitrogens with zero attached hydrogens (tertiary/aromatic N) is 2. The summed E-state index contributed by atoms with van der Waals surface area (Å²) in [6, 6.07) is 6.96. The van der Waals surface area contributed by atoms with E-state index in [-0.39, 0.29) is 0 Å². The zero-order valence-electron chi connectivity index (χ0n) is 12.4. The molecule has 3 heteroatoms. The summed E-state index contributed by atoms with van der Waals surface area (Å²) in [6.45, 7) is 5.52. The monoisotopic (exact) mass is 269 g/mol. The normalized spacial score (nSPS) is 20.1. The second-order valence-corrected chi connectivity index (χ2v) is 5.94. The van der Waals surface area contributed by atoms with E-state index in [0.717, 1.165) is 23.3 Å². The predicted molar refractivity (Wildman–Crippen MR) is 86.2 cm³/mol. The molecule has 1 saturated heterocycles. The number of nitrogen functional groups attached to an aromatic ring is 1. The van der Waals surface area contributed by atoms with Gasteiger partial charge in [-0.2, -0.15) is 0 Å². The summed E-state index contributed by atoms with van der Waals surface area (Å²) in [7, 11) is 0. The zero-order chi connectivity index (χ0) is 14.1. The third-order valence-corrected chi connectivity index (χ3v) is 4.41. The van der Waals surface area contributed by atoms with E-state index in [1.807, 2.05) is 19.2 Å². The maximum absolute atomic E-state index is 6.11. The highest BCUT2D eigenvalue weighted by Crippen LogP contribution is 2.34. The Hall–Kier alpha value is -1.77. The molecular formula is C17H23N3. The minimum Gasteiger partial charge on any atom is -0.398 e. The van der Waals surface area contributed by atoms with Crippen molar-refractivity contribution in [1.29, 1.82) is 0 Å². The molecule has 1 aromatic heterocycles. The lowest BCUT2D eigenvalue weighted by molar-refractivity contribution is 0.617. The molecule has 3 nitrogen and oxygen atoms in total. The molecule has 1 fully saturated rings. The van der Waals surface area contributed by atoms with Gasteiger partial charge in [-0.05, 0) is 44.9 Å². The summed E-state index contributed by atoms with van der Waals surface area (Å²) in [5.41, 5.74) is 9.29. The van der Waals surface area contributed by atoms with Gasteiger partial charge in [0.2, 0.25) is 0 Å². The van der Waals surface area contributed by atoms with Crippen LogP contribution in [0, 0.1) is 6.92 Å². The molecule has 1 aliphatic rings. The van der Waals surface area contributed by atoms with Crippen LogP contribution in [0.4, 0.5) is 11.4 Å². The van der Waals surface area contributed by atoms with Crippen LogP contribution in [0.3, 0.4) is 0 Å². The highest BCUT2D eigenvalue weighted by Gasteiger charge is 2.19. The maximum Gasteiger partial charge on any atom is 0.0451 e. The fourth-order valence-corrected chi connectivity index (χ4v) is 3.23. The van der Waals surface area contributed by atoms with Crippen molar-refractivity contribution in [2.45, 2.75) is 45.6 Å². The van der Waals surface area contributed by atoms with Gasteiger partial charge in [0, 0.05) is 46.6 Å². The van der Waals surface area contributed by atoms with Crippen molar-refractivity contribution in [2.75, 3.05) is 17.2 Å². The van der Waals surface area contributed by atoms with E-state index in [4.69, 9.17) is 5.73 Å². The van der Waals surface area contributed by atoms with Crippen molar-refractivity contribution in [3.63, 3.8) is 0 Å². The van der Waals surface area contributed by atoms with Gasteiger partial charge in [0.25, 0.3) is 0 Å². The summed E-state index contributed by atoms with van der Waals surface area (Å²) in [4.78, 5) is 6.94. The Morgan fingerprint density at radius 3 is 2.90 bits per heavy atom. The van der Waals surface area contributed by atoms with Gasteiger partial charge in [-0.3, -0.25) is 4.98 Å². The Bertz CT molecular complexity index is 621. The number of pyridine rings is 1. The van der Waals surface area contributed by atoms with Crippen molar-refractivity contribution >= 4 is 22.1 Å². The minimum atomic E-state index is 0.595. The molecule has 3 rings (SSSR count). The maximum atomic E-state index is 6.11. The topological polar surface area (TPSA) is 42.1 Å². The van der Waals surface area contributed by atoms with Crippen LogP contribution < -0.4 is 10.6 Å². The molecule has 1 aliphatic heterocycles. The number of aromatic nitrogens is 1. The van der Waals surface area contributed by atoms with Crippen LogP contribution in [0.2, 0.25) is 0 Å². The standard InChI is InChI=1S/C17H23N3/c1-12-10-14-15(11-19-12)16(18)7-8-17(14)20-9-5-3-4-6-13(20)2/h7-8,10-11,13H,3-6,9,18H2,1-2H3. The Kier molecular flexibility index (Phi) is 3.51. The predicted octanol–water partition coefficient (Wildman–Crippen LogP) is 3.89. The highest BCUT2D eigenvalue weighted by atomic mass is 15.2. The summed E-state index contributed by atoms with van der Waals surface area (Å²) in [6.07, 6.45) is 7.14. The molecule has 2 aromatic rings. The second-order valence-electron chi connectivity index (χ2n) is 5.94. The number of aryl methyl sites for hydroxylation is 1. The fourth-order valence-electron chi connectivity index (χ4n) is 3.23. The van der Waals surface area contributed by atoms with Crippen molar-refractivity contribution in [2.24, 2.45) is 0 Å². The largest absolute Gasteiger partial charge is 0.398 e. The molecule has 1 unspecified atom stereocenters. The van der Waals surface area contributed by atoms with Crippen LogP contribution in [0.1, 0.15) is 38.3 Å². The molecule has 20 heavy (non-hydrogen) atoms. The van der Waals surface area contributed by atoms with Gasteiger partial charge in [0.15, 0.2) is 0 Å². The van der Waals surface area contributed by atoms with Crippen LogP contribution in [-0.4, -0.2) is 17.6 Å². The van der Waals surface area contributed by atoms with E-state index in [0.29, 0.717) is 6.04 Å².